The van der Waals surface area contributed by atoms with Crippen LogP contribution in [0.5, 0.6) is 0 Å². The topological polar surface area (TPSA) is 55.1 Å². The molecule has 1 aliphatic rings. The Morgan fingerprint density at radius 2 is 1.78 bits per heavy atom. The maximum Gasteiger partial charge on any atom is 0.220 e. The number of hydrogen-bond donors (Lipinski definition) is 2. The van der Waals surface area contributed by atoms with Crippen molar-refractivity contribution in [3.05, 3.63) is 0 Å². The summed E-state index contributed by atoms with van der Waals surface area (Å²) in [5.74, 6) is 1.89. The zero-order valence-electron chi connectivity index (χ0n) is 11.9. The van der Waals surface area contributed by atoms with Gasteiger partial charge in [0.2, 0.25) is 5.91 Å². The zero-order valence-corrected chi connectivity index (χ0v) is 11.9. The summed E-state index contributed by atoms with van der Waals surface area (Å²) >= 11 is 0. The summed E-state index contributed by atoms with van der Waals surface area (Å²) in [6.45, 7) is 3.92. The van der Waals surface area contributed by atoms with E-state index in [9.17, 15) is 4.79 Å². The smallest absolute Gasteiger partial charge is 0.220 e. The molecule has 1 fully saturated rings. The van der Waals surface area contributed by atoms with Crippen LogP contribution in [0.1, 0.15) is 64.7 Å². The summed E-state index contributed by atoms with van der Waals surface area (Å²) < 4.78 is 0. The number of carbonyl (C=O) groups excluding carboxylic acids is 1. The predicted molar refractivity (Wildman–Crippen MR) is 76.3 cm³/mol. The van der Waals surface area contributed by atoms with Gasteiger partial charge in [-0.2, -0.15) is 0 Å². The van der Waals surface area contributed by atoms with Gasteiger partial charge in [0.15, 0.2) is 0 Å². The lowest BCUT2D eigenvalue weighted by Crippen LogP contribution is -2.31. The van der Waals surface area contributed by atoms with Crippen molar-refractivity contribution in [1.29, 1.82) is 0 Å². The van der Waals surface area contributed by atoms with Crippen LogP contribution in [0.2, 0.25) is 0 Å². The van der Waals surface area contributed by atoms with Crippen LogP contribution in [-0.2, 0) is 4.79 Å². The van der Waals surface area contributed by atoms with E-state index in [-0.39, 0.29) is 5.91 Å². The Bertz CT molecular complexity index is 223. The molecule has 0 aromatic rings. The summed E-state index contributed by atoms with van der Waals surface area (Å²) in [6.07, 6.45) is 10.4. The molecule has 0 spiro atoms. The standard InChI is InChI=1S/C15H30N2O/c1-2-13-7-9-14(10-8-13)12-17-15(18)6-4-3-5-11-16/h13-14H,2-12,16H2,1H3,(H,17,18). The molecule has 0 heterocycles. The number of nitrogens with one attached hydrogen (secondary N) is 1. The van der Waals surface area contributed by atoms with Gasteiger partial charge in [-0.15, -0.1) is 0 Å². The Labute approximate surface area is 112 Å². The summed E-state index contributed by atoms with van der Waals surface area (Å²) in [7, 11) is 0. The molecule has 18 heavy (non-hydrogen) atoms. The van der Waals surface area contributed by atoms with Crippen molar-refractivity contribution in [2.75, 3.05) is 13.1 Å². The van der Waals surface area contributed by atoms with Crippen molar-refractivity contribution >= 4 is 5.91 Å². The van der Waals surface area contributed by atoms with Crippen molar-refractivity contribution in [2.24, 2.45) is 17.6 Å². The zero-order chi connectivity index (χ0) is 13.2. The van der Waals surface area contributed by atoms with Crippen LogP contribution in [0.25, 0.3) is 0 Å². The molecular formula is C15H30N2O. The van der Waals surface area contributed by atoms with Gasteiger partial charge in [-0.05, 0) is 44.1 Å². The number of nitrogens with two attached hydrogens (primary N) is 1. The van der Waals surface area contributed by atoms with E-state index in [1.165, 1.54) is 32.1 Å². The van der Waals surface area contributed by atoms with Gasteiger partial charge >= 0.3 is 0 Å². The van der Waals surface area contributed by atoms with Gasteiger partial charge in [-0.25, -0.2) is 0 Å². The molecule has 0 bridgehead atoms. The van der Waals surface area contributed by atoms with Crippen LogP contribution in [-0.4, -0.2) is 19.0 Å². The van der Waals surface area contributed by atoms with E-state index < -0.39 is 0 Å². The lowest BCUT2D eigenvalue weighted by molar-refractivity contribution is -0.121. The van der Waals surface area contributed by atoms with Crippen molar-refractivity contribution < 1.29 is 4.79 Å². The molecule has 0 aromatic heterocycles. The highest BCUT2D eigenvalue weighted by Crippen LogP contribution is 2.30. The molecule has 3 nitrogen and oxygen atoms in total. The van der Waals surface area contributed by atoms with E-state index in [0.29, 0.717) is 6.42 Å². The highest BCUT2D eigenvalue weighted by molar-refractivity contribution is 5.75. The van der Waals surface area contributed by atoms with Gasteiger partial charge in [0, 0.05) is 13.0 Å². The number of rotatable bonds is 8. The van der Waals surface area contributed by atoms with E-state index in [1.807, 2.05) is 0 Å². The summed E-state index contributed by atoms with van der Waals surface area (Å²) in [6, 6.07) is 0. The molecule has 1 amide bonds. The SMILES string of the molecule is CCC1CCC(CNC(=O)CCCCCN)CC1. The molecule has 0 aliphatic heterocycles. The van der Waals surface area contributed by atoms with Gasteiger partial charge in [0.05, 0.1) is 0 Å². The molecule has 0 unspecified atom stereocenters. The molecule has 3 heteroatoms. The quantitative estimate of drug-likeness (QED) is 0.654. The lowest BCUT2D eigenvalue weighted by atomic mass is 9.81. The first-order chi connectivity index (χ1) is 8.76. The average Bonchev–Trinajstić information content (AvgIpc) is 2.42. The molecule has 1 saturated carbocycles. The first-order valence-corrected chi connectivity index (χ1v) is 7.73. The van der Waals surface area contributed by atoms with Crippen LogP contribution in [0.3, 0.4) is 0 Å². The molecule has 1 aliphatic carbocycles. The maximum absolute atomic E-state index is 11.6. The minimum atomic E-state index is 0.227. The Morgan fingerprint density at radius 3 is 2.39 bits per heavy atom. The second-order valence-electron chi connectivity index (χ2n) is 5.70. The average molecular weight is 254 g/mol. The summed E-state index contributed by atoms with van der Waals surface area (Å²) in [4.78, 5) is 11.6. The van der Waals surface area contributed by atoms with Crippen LogP contribution in [0, 0.1) is 11.8 Å². The Balaban J connectivity index is 2.01. The molecular weight excluding hydrogens is 224 g/mol. The first-order valence-electron chi connectivity index (χ1n) is 7.73. The van der Waals surface area contributed by atoms with Crippen LogP contribution >= 0.6 is 0 Å². The van der Waals surface area contributed by atoms with Gasteiger partial charge in [0.1, 0.15) is 0 Å². The minimum Gasteiger partial charge on any atom is -0.356 e. The Kier molecular flexibility index (Phi) is 8.06. The third kappa shape index (κ3) is 6.39. The van der Waals surface area contributed by atoms with E-state index >= 15 is 0 Å². The summed E-state index contributed by atoms with van der Waals surface area (Å²) in [5, 5.41) is 3.09. The number of carbonyl (C=O) groups is 1. The first kappa shape index (κ1) is 15.5. The molecule has 106 valence electrons. The van der Waals surface area contributed by atoms with Crippen molar-refractivity contribution in [3.63, 3.8) is 0 Å². The highest BCUT2D eigenvalue weighted by Gasteiger charge is 2.20. The van der Waals surface area contributed by atoms with E-state index in [0.717, 1.165) is 44.2 Å². The second kappa shape index (κ2) is 9.37. The predicted octanol–water partition coefficient (Wildman–Crippen LogP) is 2.84. The van der Waals surface area contributed by atoms with Crippen molar-refractivity contribution in [1.82, 2.24) is 5.32 Å². The van der Waals surface area contributed by atoms with Crippen LogP contribution in [0.4, 0.5) is 0 Å². The van der Waals surface area contributed by atoms with Gasteiger partial charge < -0.3 is 11.1 Å². The molecule has 0 aromatic carbocycles. The Morgan fingerprint density at radius 1 is 1.11 bits per heavy atom. The fourth-order valence-corrected chi connectivity index (χ4v) is 2.80. The van der Waals surface area contributed by atoms with E-state index in [4.69, 9.17) is 5.73 Å². The van der Waals surface area contributed by atoms with Gasteiger partial charge in [0.25, 0.3) is 0 Å². The normalized spacial score (nSPS) is 23.9. The maximum atomic E-state index is 11.6. The largest absolute Gasteiger partial charge is 0.356 e. The Hall–Kier alpha value is -0.570. The number of unbranched alkanes of at least 4 members (excludes halogenated alkanes) is 2. The third-order valence-corrected chi connectivity index (χ3v) is 4.24. The third-order valence-electron chi connectivity index (χ3n) is 4.24. The van der Waals surface area contributed by atoms with Crippen LogP contribution < -0.4 is 11.1 Å². The molecule has 1 rings (SSSR count). The minimum absolute atomic E-state index is 0.227. The number of amides is 1. The van der Waals surface area contributed by atoms with Gasteiger partial charge in [-0.3, -0.25) is 4.79 Å². The van der Waals surface area contributed by atoms with E-state index in [2.05, 4.69) is 12.2 Å². The monoisotopic (exact) mass is 254 g/mol. The fraction of sp³-hybridized carbons (Fsp3) is 0.933. The number of hydrogen-bond acceptors (Lipinski definition) is 2. The summed E-state index contributed by atoms with van der Waals surface area (Å²) in [5.41, 5.74) is 5.42. The molecule has 0 saturated heterocycles. The second-order valence-corrected chi connectivity index (χ2v) is 5.70. The molecule has 0 radical (unpaired) electrons. The lowest BCUT2D eigenvalue weighted by Gasteiger charge is -2.27. The van der Waals surface area contributed by atoms with E-state index in [1.54, 1.807) is 0 Å². The van der Waals surface area contributed by atoms with Gasteiger partial charge in [-0.1, -0.05) is 32.6 Å². The highest BCUT2D eigenvalue weighted by atomic mass is 16.1. The fourth-order valence-electron chi connectivity index (χ4n) is 2.80. The molecule has 0 atom stereocenters. The van der Waals surface area contributed by atoms with Crippen LogP contribution in [0.15, 0.2) is 0 Å². The molecule has 3 N–H and O–H groups in total. The van der Waals surface area contributed by atoms with Crippen molar-refractivity contribution in [2.45, 2.75) is 64.7 Å². The van der Waals surface area contributed by atoms with Crippen molar-refractivity contribution in [3.8, 4) is 0 Å².